The first-order valence-electron chi connectivity index (χ1n) is 7.77. The van der Waals surface area contributed by atoms with Crippen LogP contribution in [0.1, 0.15) is 29.3 Å². The summed E-state index contributed by atoms with van der Waals surface area (Å²) in [4.78, 5) is 24.6. The molecule has 0 saturated heterocycles. The van der Waals surface area contributed by atoms with Crippen molar-refractivity contribution in [2.75, 3.05) is 0 Å². The van der Waals surface area contributed by atoms with E-state index in [1.54, 1.807) is 35.6 Å². The van der Waals surface area contributed by atoms with Crippen molar-refractivity contribution in [1.82, 2.24) is 19.9 Å². The molecule has 4 rings (SSSR count). The minimum atomic E-state index is -0.483. The molecule has 0 fully saturated rings. The van der Waals surface area contributed by atoms with Crippen molar-refractivity contribution in [1.29, 1.82) is 0 Å². The Hall–Kier alpha value is -3.48. The Labute approximate surface area is 141 Å². The zero-order valence-electron chi connectivity index (χ0n) is 13.3. The number of para-hydroxylation sites is 1. The number of nitrogens with one attached hydrogen (secondary N) is 1. The largest absolute Gasteiger partial charge is 0.451 e. The second kappa shape index (κ2) is 5.86. The van der Waals surface area contributed by atoms with Crippen molar-refractivity contribution in [2.45, 2.75) is 13.0 Å². The van der Waals surface area contributed by atoms with Crippen LogP contribution in [0.2, 0.25) is 0 Å². The maximum absolute atomic E-state index is 12.5. The van der Waals surface area contributed by atoms with Crippen molar-refractivity contribution in [3.05, 3.63) is 76.5 Å². The number of carbonyl (C=O) groups is 1. The molecule has 1 amide bonds. The number of benzene rings is 1. The Morgan fingerprint density at radius 1 is 1.16 bits per heavy atom. The second-order valence-corrected chi connectivity index (χ2v) is 5.65. The fourth-order valence-corrected chi connectivity index (χ4v) is 2.70. The zero-order chi connectivity index (χ0) is 17.4. The number of carbonyl (C=O) groups excluding carboxylic acids is 1. The molecule has 124 valence electrons. The first kappa shape index (κ1) is 15.1. The van der Waals surface area contributed by atoms with Crippen LogP contribution in [0.3, 0.4) is 0 Å². The number of amides is 1. The van der Waals surface area contributed by atoms with Gasteiger partial charge in [0.25, 0.3) is 5.91 Å². The Morgan fingerprint density at radius 3 is 2.84 bits per heavy atom. The standard InChI is InChI=1S/C18H14N4O3/c1-11(17-21-20-16-8-4-5-9-22(16)17)19-18(24)15-10-13(23)12-6-2-3-7-14(12)25-15/h2-11H,1H3,(H,19,24)/t11-/m1/s1. The van der Waals surface area contributed by atoms with Gasteiger partial charge in [-0.2, -0.15) is 0 Å². The Kier molecular flexibility index (Phi) is 3.53. The topological polar surface area (TPSA) is 89.5 Å². The molecule has 25 heavy (non-hydrogen) atoms. The highest BCUT2D eigenvalue weighted by Crippen LogP contribution is 2.15. The molecule has 0 aliphatic rings. The SMILES string of the molecule is C[C@@H](NC(=O)c1cc(=O)c2ccccc2o1)c1nnc2ccccn12. The summed E-state index contributed by atoms with van der Waals surface area (Å²) in [6, 6.07) is 13.1. The van der Waals surface area contributed by atoms with E-state index in [0.29, 0.717) is 22.4 Å². The predicted molar refractivity (Wildman–Crippen MR) is 91.4 cm³/mol. The van der Waals surface area contributed by atoms with Gasteiger partial charge in [-0.1, -0.05) is 18.2 Å². The number of pyridine rings is 1. The highest BCUT2D eigenvalue weighted by atomic mass is 16.3. The van der Waals surface area contributed by atoms with Crippen molar-refractivity contribution in [3.8, 4) is 0 Å². The molecule has 7 heteroatoms. The molecule has 7 nitrogen and oxygen atoms in total. The number of nitrogens with zero attached hydrogens (tertiary/aromatic N) is 3. The molecule has 0 spiro atoms. The van der Waals surface area contributed by atoms with Crippen LogP contribution in [0.25, 0.3) is 16.6 Å². The third-order valence-corrected chi connectivity index (χ3v) is 3.93. The van der Waals surface area contributed by atoms with Crippen LogP contribution in [0.4, 0.5) is 0 Å². The summed E-state index contributed by atoms with van der Waals surface area (Å²) >= 11 is 0. The number of rotatable bonds is 3. The van der Waals surface area contributed by atoms with Gasteiger partial charge in [0.1, 0.15) is 5.58 Å². The molecule has 0 unspecified atom stereocenters. The molecule has 4 aromatic rings. The molecule has 0 aliphatic heterocycles. The van der Waals surface area contributed by atoms with Gasteiger partial charge in [-0.25, -0.2) is 0 Å². The number of fused-ring (bicyclic) bond motifs is 2. The lowest BCUT2D eigenvalue weighted by molar-refractivity contribution is 0.0910. The molecule has 1 aromatic carbocycles. The average molecular weight is 334 g/mol. The molecule has 3 aromatic heterocycles. The van der Waals surface area contributed by atoms with Crippen LogP contribution in [-0.4, -0.2) is 20.5 Å². The van der Waals surface area contributed by atoms with E-state index in [4.69, 9.17) is 4.42 Å². The normalized spacial score (nSPS) is 12.4. The summed E-state index contributed by atoms with van der Waals surface area (Å²) in [5.41, 5.74) is 0.809. The number of aromatic nitrogens is 3. The zero-order valence-corrected chi connectivity index (χ0v) is 13.3. The number of hydrogen-bond donors (Lipinski definition) is 1. The van der Waals surface area contributed by atoms with Crippen molar-refractivity contribution < 1.29 is 9.21 Å². The fraction of sp³-hybridized carbons (Fsp3) is 0.111. The highest BCUT2D eigenvalue weighted by Gasteiger charge is 2.19. The van der Waals surface area contributed by atoms with E-state index in [-0.39, 0.29) is 11.2 Å². The first-order valence-corrected chi connectivity index (χ1v) is 7.77. The van der Waals surface area contributed by atoms with E-state index < -0.39 is 11.9 Å². The van der Waals surface area contributed by atoms with Gasteiger partial charge < -0.3 is 9.73 Å². The summed E-state index contributed by atoms with van der Waals surface area (Å²) in [5, 5.41) is 11.4. The van der Waals surface area contributed by atoms with Gasteiger partial charge in [0.2, 0.25) is 0 Å². The van der Waals surface area contributed by atoms with E-state index in [0.717, 1.165) is 0 Å². The maximum atomic E-state index is 12.5. The van der Waals surface area contributed by atoms with Gasteiger partial charge in [-0.15, -0.1) is 10.2 Å². The molecule has 0 radical (unpaired) electrons. The summed E-state index contributed by atoms with van der Waals surface area (Å²) < 4.78 is 7.35. The van der Waals surface area contributed by atoms with Gasteiger partial charge >= 0.3 is 0 Å². The lowest BCUT2D eigenvalue weighted by Crippen LogP contribution is -2.28. The maximum Gasteiger partial charge on any atom is 0.287 e. The number of hydrogen-bond acceptors (Lipinski definition) is 5. The van der Waals surface area contributed by atoms with Gasteiger partial charge in [-0.05, 0) is 31.2 Å². The Morgan fingerprint density at radius 2 is 1.96 bits per heavy atom. The molecule has 0 saturated carbocycles. The Bertz CT molecular complexity index is 1150. The van der Waals surface area contributed by atoms with Crippen LogP contribution >= 0.6 is 0 Å². The van der Waals surface area contributed by atoms with E-state index in [2.05, 4.69) is 15.5 Å². The smallest absolute Gasteiger partial charge is 0.287 e. The third kappa shape index (κ3) is 2.65. The van der Waals surface area contributed by atoms with Crippen LogP contribution in [0.5, 0.6) is 0 Å². The third-order valence-electron chi connectivity index (χ3n) is 3.93. The summed E-state index contributed by atoms with van der Waals surface area (Å²) in [6.45, 7) is 1.79. The van der Waals surface area contributed by atoms with Crippen LogP contribution in [-0.2, 0) is 0 Å². The van der Waals surface area contributed by atoms with Gasteiger partial charge in [0.15, 0.2) is 22.7 Å². The van der Waals surface area contributed by atoms with E-state index >= 15 is 0 Å². The molecule has 1 atom stereocenters. The predicted octanol–water partition coefficient (Wildman–Crippen LogP) is 2.33. The van der Waals surface area contributed by atoms with Gasteiger partial charge in [0, 0.05) is 12.3 Å². The molecular weight excluding hydrogens is 320 g/mol. The monoisotopic (exact) mass is 334 g/mol. The summed E-state index contributed by atoms with van der Waals surface area (Å²) in [5.74, 6) is 0.0690. The second-order valence-electron chi connectivity index (χ2n) is 5.65. The highest BCUT2D eigenvalue weighted by molar-refractivity contribution is 5.93. The van der Waals surface area contributed by atoms with E-state index in [9.17, 15) is 9.59 Å². The van der Waals surface area contributed by atoms with Crippen LogP contribution in [0.15, 0.2) is 63.9 Å². The molecule has 0 aliphatic carbocycles. The molecule has 0 bridgehead atoms. The fourth-order valence-electron chi connectivity index (χ4n) is 2.70. The van der Waals surface area contributed by atoms with Crippen LogP contribution < -0.4 is 10.7 Å². The summed E-state index contributed by atoms with van der Waals surface area (Å²) in [7, 11) is 0. The lowest BCUT2D eigenvalue weighted by Gasteiger charge is -2.12. The van der Waals surface area contributed by atoms with Crippen molar-refractivity contribution in [3.63, 3.8) is 0 Å². The minimum Gasteiger partial charge on any atom is -0.451 e. The Balaban J connectivity index is 1.64. The van der Waals surface area contributed by atoms with Gasteiger partial charge in [0.05, 0.1) is 11.4 Å². The molecule has 1 N–H and O–H groups in total. The molecular formula is C18H14N4O3. The minimum absolute atomic E-state index is 0.0376. The van der Waals surface area contributed by atoms with Crippen molar-refractivity contribution >= 4 is 22.5 Å². The van der Waals surface area contributed by atoms with Crippen LogP contribution in [0, 0.1) is 0 Å². The lowest BCUT2D eigenvalue weighted by atomic mass is 10.2. The average Bonchev–Trinajstić information content (AvgIpc) is 3.06. The van der Waals surface area contributed by atoms with E-state index in [1.165, 1.54) is 6.07 Å². The molecule has 3 heterocycles. The quantitative estimate of drug-likeness (QED) is 0.621. The van der Waals surface area contributed by atoms with Crippen molar-refractivity contribution in [2.24, 2.45) is 0 Å². The first-order chi connectivity index (χ1) is 12.1. The van der Waals surface area contributed by atoms with E-state index in [1.807, 2.05) is 24.4 Å². The summed E-state index contributed by atoms with van der Waals surface area (Å²) in [6.07, 6.45) is 1.82. The van der Waals surface area contributed by atoms with Gasteiger partial charge in [-0.3, -0.25) is 14.0 Å².